The van der Waals surface area contributed by atoms with Gasteiger partial charge in [-0.05, 0) is 30.5 Å². The molecule has 140 valence electrons. The predicted octanol–water partition coefficient (Wildman–Crippen LogP) is -0.227. The van der Waals surface area contributed by atoms with Crippen LogP contribution in [-0.4, -0.2) is 62.7 Å². The molecule has 0 bridgehead atoms. The summed E-state index contributed by atoms with van der Waals surface area (Å²) in [7, 11) is 0. The molecule has 1 fully saturated rings. The van der Waals surface area contributed by atoms with E-state index in [1.54, 1.807) is 36.4 Å². The maximum absolute atomic E-state index is 12.1. The van der Waals surface area contributed by atoms with Gasteiger partial charge in [0.1, 0.15) is 24.4 Å². The fourth-order valence-electron chi connectivity index (χ4n) is 3.06. The van der Waals surface area contributed by atoms with E-state index in [4.69, 9.17) is 9.84 Å². The van der Waals surface area contributed by atoms with Crippen molar-refractivity contribution < 1.29 is 25.2 Å². The van der Waals surface area contributed by atoms with Gasteiger partial charge in [-0.2, -0.15) is 0 Å². The van der Waals surface area contributed by atoms with E-state index in [2.05, 4.69) is 10.3 Å². The van der Waals surface area contributed by atoms with Gasteiger partial charge in [0.05, 0.1) is 12.1 Å². The molecule has 3 rings (SSSR count). The van der Waals surface area contributed by atoms with Crippen molar-refractivity contribution in [1.82, 2.24) is 4.98 Å². The van der Waals surface area contributed by atoms with Gasteiger partial charge in [0.25, 0.3) is 5.56 Å². The van der Waals surface area contributed by atoms with Gasteiger partial charge >= 0.3 is 0 Å². The van der Waals surface area contributed by atoms with Crippen molar-refractivity contribution >= 4 is 22.7 Å². The largest absolute Gasteiger partial charge is 0.394 e. The van der Waals surface area contributed by atoms with Crippen LogP contribution in [0.4, 0.5) is 5.69 Å². The van der Waals surface area contributed by atoms with Gasteiger partial charge in [0.15, 0.2) is 6.29 Å². The lowest BCUT2D eigenvalue weighted by atomic mass is 9.97. The van der Waals surface area contributed by atoms with Gasteiger partial charge in [-0.15, -0.1) is 0 Å². The molecule has 1 saturated heterocycles. The fourth-order valence-corrected chi connectivity index (χ4v) is 3.06. The Hall–Kier alpha value is -2.23. The number of rotatable bonds is 4. The van der Waals surface area contributed by atoms with Crippen LogP contribution in [0.3, 0.4) is 0 Å². The number of allylic oxidation sites excluding steroid dienone is 1. The SMILES string of the molecule is C/C=C/c1cc2ccc(N[C@@H]3C(O)OC(CO)[C@@H](O)C3O)cc2[nH]c1=O. The molecular weight excluding hydrogens is 340 g/mol. The zero-order valence-corrected chi connectivity index (χ0v) is 14.2. The molecule has 3 unspecified atom stereocenters. The minimum absolute atomic E-state index is 0.227. The molecular formula is C18H22N2O6. The standard InChI is InChI=1S/C18H22N2O6/c1-2-3-10-6-9-4-5-11(7-12(9)20-17(10)24)19-14-16(23)15(22)13(8-21)26-18(14)25/h2-7,13-16,18-19,21-23,25H,8H2,1H3,(H,20,24)/b3-2+/t13?,14-,15+,16?,18?/m0/s1. The summed E-state index contributed by atoms with van der Waals surface area (Å²) in [6.45, 7) is 1.31. The fraction of sp³-hybridized carbons (Fsp3) is 0.389. The summed E-state index contributed by atoms with van der Waals surface area (Å²) in [6, 6.07) is 5.94. The lowest BCUT2D eigenvalue weighted by Gasteiger charge is -2.40. The number of aliphatic hydroxyl groups excluding tert-OH is 4. The zero-order chi connectivity index (χ0) is 18.8. The molecule has 8 nitrogen and oxygen atoms in total. The first-order valence-electron chi connectivity index (χ1n) is 8.31. The Morgan fingerprint density at radius 3 is 2.69 bits per heavy atom. The Balaban J connectivity index is 1.87. The maximum atomic E-state index is 12.1. The third-order valence-electron chi connectivity index (χ3n) is 4.45. The first-order valence-corrected chi connectivity index (χ1v) is 8.31. The maximum Gasteiger partial charge on any atom is 0.255 e. The molecule has 0 spiro atoms. The quantitative estimate of drug-likeness (QED) is 0.442. The number of hydrogen-bond donors (Lipinski definition) is 6. The monoisotopic (exact) mass is 362 g/mol. The van der Waals surface area contributed by atoms with Gasteiger partial charge in [-0.1, -0.05) is 18.2 Å². The topological polar surface area (TPSA) is 135 Å². The number of nitrogens with one attached hydrogen (secondary N) is 2. The molecule has 0 aliphatic carbocycles. The second-order valence-corrected chi connectivity index (χ2v) is 6.25. The average Bonchev–Trinajstić information content (AvgIpc) is 2.62. The molecule has 2 heterocycles. The summed E-state index contributed by atoms with van der Waals surface area (Å²) in [5.41, 5.74) is 1.43. The summed E-state index contributed by atoms with van der Waals surface area (Å²) in [4.78, 5) is 14.8. The van der Waals surface area contributed by atoms with Gasteiger partial charge in [-0.3, -0.25) is 4.79 Å². The van der Waals surface area contributed by atoms with Gasteiger partial charge in [0, 0.05) is 11.3 Å². The van der Waals surface area contributed by atoms with E-state index >= 15 is 0 Å². The molecule has 6 N–H and O–H groups in total. The van der Waals surface area contributed by atoms with Crippen molar-refractivity contribution in [3.63, 3.8) is 0 Å². The van der Waals surface area contributed by atoms with E-state index in [9.17, 15) is 20.1 Å². The number of aromatic nitrogens is 1. The molecule has 1 aromatic heterocycles. The second kappa shape index (κ2) is 7.56. The summed E-state index contributed by atoms with van der Waals surface area (Å²) in [6.07, 6.45) is -1.67. The molecule has 1 aliphatic rings. The number of pyridine rings is 1. The van der Waals surface area contributed by atoms with Gasteiger partial charge < -0.3 is 35.5 Å². The van der Waals surface area contributed by atoms with Crippen LogP contribution in [0.25, 0.3) is 17.0 Å². The Kier molecular flexibility index (Phi) is 5.40. The number of hydrogen-bond acceptors (Lipinski definition) is 7. The molecule has 26 heavy (non-hydrogen) atoms. The Morgan fingerprint density at radius 1 is 1.23 bits per heavy atom. The molecule has 1 aromatic carbocycles. The molecule has 0 amide bonds. The Bertz CT molecular complexity index is 864. The Labute approximate surface area is 149 Å². The number of H-pyrrole nitrogens is 1. The van der Waals surface area contributed by atoms with E-state index in [1.807, 2.05) is 6.92 Å². The summed E-state index contributed by atoms with van der Waals surface area (Å²) in [5, 5.41) is 43.0. The van der Waals surface area contributed by atoms with Gasteiger partial charge in [-0.25, -0.2) is 0 Å². The minimum Gasteiger partial charge on any atom is -0.394 e. The lowest BCUT2D eigenvalue weighted by Crippen LogP contribution is -2.61. The summed E-state index contributed by atoms with van der Waals surface area (Å²) < 4.78 is 5.12. The highest BCUT2D eigenvalue weighted by molar-refractivity contribution is 5.83. The minimum atomic E-state index is -1.42. The molecule has 5 atom stereocenters. The van der Waals surface area contributed by atoms with Crippen LogP contribution < -0.4 is 10.9 Å². The van der Waals surface area contributed by atoms with Crippen molar-refractivity contribution in [2.24, 2.45) is 0 Å². The number of ether oxygens (including phenoxy) is 1. The van der Waals surface area contributed by atoms with Crippen LogP contribution in [0, 0.1) is 0 Å². The van der Waals surface area contributed by atoms with Crippen LogP contribution in [0.5, 0.6) is 0 Å². The summed E-state index contributed by atoms with van der Waals surface area (Å²) in [5.74, 6) is 0. The molecule has 0 radical (unpaired) electrons. The number of fused-ring (bicyclic) bond motifs is 1. The average molecular weight is 362 g/mol. The van der Waals surface area contributed by atoms with Crippen LogP contribution in [0.15, 0.2) is 35.1 Å². The van der Waals surface area contributed by atoms with Crippen molar-refractivity contribution in [3.8, 4) is 0 Å². The molecule has 2 aromatic rings. The lowest BCUT2D eigenvalue weighted by molar-refractivity contribution is -0.245. The Morgan fingerprint density at radius 2 is 2.00 bits per heavy atom. The van der Waals surface area contributed by atoms with Crippen LogP contribution >= 0.6 is 0 Å². The third kappa shape index (κ3) is 3.50. The van der Waals surface area contributed by atoms with Crippen molar-refractivity contribution in [1.29, 1.82) is 0 Å². The van der Waals surface area contributed by atoms with Crippen molar-refractivity contribution in [2.45, 2.75) is 37.6 Å². The van der Waals surface area contributed by atoms with E-state index in [1.165, 1.54) is 0 Å². The van der Waals surface area contributed by atoms with E-state index in [0.29, 0.717) is 16.8 Å². The number of aromatic amines is 1. The second-order valence-electron chi connectivity index (χ2n) is 6.25. The molecule has 8 heteroatoms. The van der Waals surface area contributed by atoms with Crippen molar-refractivity contribution in [2.75, 3.05) is 11.9 Å². The number of aliphatic hydroxyl groups is 4. The highest BCUT2D eigenvalue weighted by Crippen LogP contribution is 2.24. The molecule has 0 saturated carbocycles. The highest BCUT2D eigenvalue weighted by Gasteiger charge is 2.43. The van der Waals surface area contributed by atoms with E-state index in [-0.39, 0.29) is 5.56 Å². The molecule has 1 aliphatic heterocycles. The van der Waals surface area contributed by atoms with Crippen LogP contribution in [-0.2, 0) is 4.74 Å². The highest BCUT2D eigenvalue weighted by atomic mass is 16.6. The van der Waals surface area contributed by atoms with E-state index in [0.717, 1.165) is 5.39 Å². The van der Waals surface area contributed by atoms with E-state index < -0.39 is 37.3 Å². The third-order valence-corrected chi connectivity index (χ3v) is 4.45. The first-order chi connectivity index (χ1) is 12.4. The first kappa shape index (κ1) is 18.6. The van der Waals surface area contributed by atoms with Crippen LogP contribution in [0.2, 0.25) is 0 Å². The number of anilines is 1. The van der Waals surface area contributed by atoms with Gasteiger partial charge in [0.2, 0.25) is 0 Å². The smallest absolute Gasteiger partial charge is 0.255 e. The van der Waals surface area contributed by atoms with Crippen molar-refractivity contribution in [3.05, 3.63) is 46.3 Å². The normalized spacial score (nSPS) is 29.3. The number of benzene rings is 1. The zero-order valence-electron chi connectivity index (χ0n) is 14.2. The summed E-state index contributed by atoms with van der Waals surface area (Å²) >= 11 is 0. The predicted molar refractivity (Wildman–Crippen MR) is 96.7 cm³/mol. The van der Waals surface area contributed by atoms with Crippen LogP contribution in [0.1, 0.15) is 12.5 Å².